The molecule has 0 atom stereocenters. The molecular weight excluding hydrogens is 403 g/mol. The lowest BCUT2D eigenvalue weighted by molar-refractivity contribution is -0.155. The molecule has 0 spiro atoms. The summed E-state index contributed by atoms with van der Waals surface area (Å²) in [5.74, 6) is -0.198. The second kappa shape index (κ2) is 9.04. The molecule has 0 saturated carbocycles. The number of esters is 1. The minimum atomic E-state index is -3.57. The lowest BCUT2D eigenvalue weighted by atomic mass is 10.2. The van der Waals surface area contributed by atoms with Gasteiger partial charge in [-0.15, -0.1) is 0 Å². The van der Waals surface area contributed by atoms with E-state index < -0.39 is 30.1 Å². The topological polar surface area (TPSA) is 77.5 Å². The van der Waals surface area contributed by atoms with Gasteiger partial charge in [0.05, 0.1) is 13.5 Å². The highest BCUT2D eigenvalue weighted by Crippen LogP contribution is 2.52. The van der Waals surface area contributed by atoms with Crippen molar-refractivity contribution >= 4 is 31.3 Å². The average molecular weight is 441 g/mol. The Labute approximate surface area is 181 Å². The summed E-state index contributed by atoms with van der Waals surface area (Å²) in [6.45, 7) is 16.7. The number of aromatic nitrogens is 1. The van der Waals surface area contributed by atoms with Crippen LogP contribution in [0.2, 0.25) is 10.1 Å². The van der Waals surface area contributed by atoms with Crippen LogP contribution < -0.4 is 15.2 Å². The lowest BCUT2D eigenvalue weighted by Crippen LogP contribution is -2.58. The fourth-order valence-electron chi connectivity index (χ4n) is 3.68. The number of pyridine rings is 1. The Bertz CT molecular complexity index is 763. The lowest BCUT2D eigenvalue weighted by Gasteiger charge is -2.45. The molecule has 0 aliphatic heterocycles. The van der Waals surface area contributed by atoms with Crippen molar-refractivity contribution in [1.29, 1.82) is 0 Å². The van der Waals surface area contributed by atoms with Crippen LogP contribution in [-0.4, -0.2) is 38.0 Å². The van der Waals surface area contributed by atoms with Crippen molar-refractivity contribution in [2.45, 2.75) is 90.8 Å². The standard InChI is InChI=1S/C22H37FN2O4Si/c1-20(2,3)29-19(27)12-11-18(26)25-17-13-15(28-10)16(14-24-17)30(23,21(4,5)6)22(7,8)9/h13-14H,11-12H2,1-10H3,(H,24,25,26). The van der Waals surface area contributed by atoms with Crippen molar-refractivity contribution in [3.05, 3.63) is 12.3 Å². The van der Waals surface area contributed by atoms with Crippen molar-refractivity contribution in [1.82, 2.24) is 4.98 Å². The van der Waals surface area contributed by atoms with Crippen molar-refractivity contribution in [2.24, 2.45) is 0 Å². The summed E-state index contributed by atoms with van der Waals surface area (Å²) in [6, 6.07) is 1.54. The Morgan fingerprint density at radius 2 is 1.57 bits per heavy atom. The van der Waals surface area contributed by atoms with E-state index in [1.807, 2.05) is 41.5 Å². The van der Waals surface area contributed by atoms with Gasteiger partial charge in [-0.1, -0.05) is 41.5 Å². The molecule has 1 aromatic rings. The minimum absolute atomic E-state index is 0.0348. The van der Waals surface area contributed by atoms with Gasteiger partial charge in [-0.05, 0) is 30.8 Å². The average Bonchev–Trinajstić information content (AvgIpc) is 2.55. The van der Waals surface area contributed by atoms with Crippen LogP contribution in [0.5, 0.6) is 5.75 Å². The smallest absolute Gasteiger partial charge is 0.306 e. The van der Waals surface area contributed by atoms with Gasteiger partial charge >= 0.3 is 5.97 Å². The third-order valence-corrected chi connectivity index (χ3v) is 10.0. The van der Waals surface area contributed by atoms with Crippen LogP contribution in [0.3, 0.4) is 0 Å². The number of nitrogens with zero attached hydrogens (tertiary/aromatic N) is 1. The maximum atomic E-state index is 16.6. The van der Waals surface area contributed by atoms with Crippen LogP contribution >= 0.6 is 0 Å². The number of halogens is 1. The minimum Gasteiger partial charge on any atom is -0.497 e. The molecule has 6 nitrogen and oxygen atoms in total. The molecule has 0 aliphatic rings. The zero-order chi connectivity index (χ0) is 23.5. The molecule has 0 fully saturated rings. The molecule has 0 aromatic carbocycles. The van der Waals surface area contributed by atoms with Gasteiger partial charge in [-0.25, -0.2) is 4.98 Å². The van der Waals surface area contributed by atoms with Gasteiger partial charge in [-0.3, -0.25) is 9.59 Å². The highest BCUT2D eigenvalue weighted by atomic mass is 28.4. The van der Waals surface area contributed by atoms with Crippen LogP contribution in [0.1, 0.15) is 75.2 Å². The summed E-state index contributed by atoms with van der Waals surface area (Å²) in [5.41, 5.74) is -0.596. The Morgan fingerprint density at radius 3 is 2.00 bits per heavy atom. The van der Waals surface area contributed by atoms with Crippen LogP contribution in [0.15, 0.2) is 12.3 Å². The Morgan fingerprint density at radius 1 is 1.03 bits per heavy atom. The SMILES string of the molecule is COc1cc(NC(=O)CCC(=O)OC(C)(C)C)ncc1[Si](F)(C(C)(C)C)C(C)(C)C. The molecule has 1 rings (SSSR count). The predicted octanol–water partition coefficient (Wildman–Crippen LogP) is 4.87. The van der Waals surface area contributed by atoms with E-state index in [0.29, 0.717) is 10.9 Å². The highest BCUT2D eigenvalue weighted by Gasteiger charge is 2.58. The van der Waals surface area contributed by atoms with Gasteiger partial charge < -0.3 is 18.9 Å². The van der Waals surface area contributed by atoms with Gasteiger partial charge in [0.1, 0.15) is 17.2 Å². The molecule has 8 heteroatoms. The third-order valence-electron chi connectivity index (χ3n) is 4.77. The molecule has 0 saturated heterocycles. The Balaban J connectivity index is 3.05. The van der Waals surface area contributed by atoms with E-state index in [1.54, 1.807) is 26.8 Å². The number of hydrogen-bond donors (Lipinski definition) is 1. The van der Waals surface area contributed by atoms with Crippen LogP contribution in [-0.2, 0) is 14.3 Å². The van der Waals surface area contributed by atoms with Crippen molar-refractivity contribution < 1.29 is 23.2 Å². The summed E-state index contributed by atoms with van der Waals surface area (Å²) in [4.78, 5) is 28.3. The normalized spacial score (nSPS) is 13.0. The third kappa shape index (κ3) is 6.27. The second-order valence-electron chi connectivity index (χ2n) is 10.6. The van der Waals surface area contributed by atoms with Crippen molar-refractivity contribution in [3.63, 3.8) is 0 Å². The quantitative estimate of drug-likeness (QED) is 0.388. The second-order valence-corrected chi connectivity index (χ2v) is 15.4. The number of anilines is 1. The summed E-state index contributed by atoms with van der Waals surface area (Å²) in [7, 11) is -2.09. The number of carbonyl (C=O) groups excluding carboxylic acids is 2. The largest absolute Gasteiger partial charge is 0.497 e. The molecule has 0 aliphatic carbocycles. The molecule has 1 aromatic heterocycles. The molecule has 1 N–H and O–H groups in total. The molecule has 30 heavy (non-hydrogen) atoms. The number of amides is 1. The zero-order valence-electron chi connectivity index (χ0n) is 20.0. The summed E-state index contributed by atoms with van der Waals surface area (Å²) in [6.07, 6.45) is 1.41. The number of rotatable bonds is 6. The summed E-state index contributed by atoms with van der Waals surface area (Å²) < 4.78 is 27.3. The number of ether oxygens (including phenoxy) is 2. The molecule has 1 amide bonds. The van der Waals surface area contributed by atoms with E-state index in [4.69, 9.17) is 9.47 Å². The fourth-order valence-corrected chi connectivity index (χ4v) is 8.30. The molecular formula is C22H37FN2O4Si. The zero-order valence-corrected chi connectivity index (χ0v) is 21.0. The van der Waals surface area contributed by atoms with Gasteiger partial charge in [0, 0.05) is 23.9 Å². The van der Waals surface area contributed by atoms with Crippen molar-refractivity contribution in [3.8, 4) is 5.75 Å². The number of nitrogens with one attached hydrogen (secondary N) is 1. The van der Waals surface area contributed by atoms with Crippen LogP contribution in [0.4, 0.5) is 9.93 Å². The maximum Gasteiger partial charge on any atom is 0.306 e. The first-order chi connectivity index (χ1) is 13.4. The van der Waals surface area contributed by atoms with E-state index in [1.165, 1.54) is 13.3 Å². The first kappa shape index (κ1) is 26.1. The fraction of sp³-hybridized carbons (Fsp3) is 0.682. The Kier molecular flexibility index (Phi) is 7.85. The van der Waals surface area contributed by atoms with Gasteiger partial charge in [0.15, 0.2) is 0 Å². The highest BCUT2D eigenvalue weighted by molar-refractivity contribution is 6.91. The number of methoxy groups -OCH3 is 1. The first-order valence-corrected chi connectivity index (χ1v) is 12.1. The monoisotopic (exact) mass is 440 g/mol. The van der Waals surface area contributed by atoms with Crippen molar-refractivity contribution in [2.75, 3.05) is 12.4 Å². The van der Waals surface area contributed by atoms with Crippen LogP contribution in [0.25, 0.3) is 0 Å². The van der Waals surface area contributed by atoms with E-state index in [9.17, 15) is 9.59 Å². The summed E-state index contributed by atoms with van der Waals surface area (Å²) >= 11 is 0. The maximum absolute atomic E-state index is 16.6. The van der Waals surface area contributed by atoms with Gasteiger partial charge in [0.2, 0.25) is 5.91 Å². The summed E-state index contributed by atoms with van der Waals surface area (Å²) in [5, 5.41) is 1.95. The Hall–Kier alpha value is -1.96. The van der Waals surface area contributed by atoms with E-state index >= 15 is 4.11 Å². The molecule has 170 valence electrons. The molecule has 0 bridgehead atoms. The molecule has 0 radical (unpaired) electrons. The van der Waals surface area contributed by atoms with Crippen LogP contribution in [0, 0.1) is 0 Å². The van der Waals surface area contributed by atoms with Gasteiger partial charge in [0.25, 0.3) is 8.41 Å². The van der Waals surface area contributed by atoms with E-state index in [0.717, 1.165) is 0 Å². The number of carbonyl (C=O) groups is 2. The predicted molar refractivity (Wildman–Crippen MR) is 120 cm³/mol. The van der Waals surface area contributed by atoms with E-state index in [2.05, 4.69) is 10.3 Å². The first-order valence-electron chi connectivity index (χ1n) is 10.2. The van der Waals surface area contributed by atoms with E-state index in [-0.39, 0.29) is 24.6 Å². The molecule has 0 unspecified atom stereocenters. The molecule has 1 heterocycles. The van der Waals surface area contributed by atoms with Gasteiger partial charge in [-0.2, -0.15) is 0 Å². The number of hydrogen-bond acceptors (Lipinski definition) is 5.